The minimum Gasteiger partial charge on any atom is -0.454 e. The first-order valence-electron chi connectivity index (χ1n) is 8.67. The number of rotatable bonds is 5. The zero-order valence-corrected chi connectivity index (χ0v) is 16.3. The van der Waals surface area contributed by atoms with Crippen molar-refractivity contribution in [3.63, 3.8) is 0 Å². The normalized spacial score (nSPS) is 12.6. The number of pyridine rings is 1. The zero-order valence-electron chi connectivity index (χ0n) is 14.7. The molecule has 1 aliphatic heterocycles. The Hall–Kier alpha value is -2.84. The molecule has 4 aromatic rings. The van der Waals surface area contributed by atoms with Gasteiger partial charge in [0, 0.05) is 11.9 Å². The van der Waals surface area contributed by atoms with Crippen molar-refractivity contribution < 1.29 is 9.47 Å². The van der Waals surface area contributed by atoms with Crippen LogP contribution in [0.2, 0.25) is 0 Å². The summed E-state index contributed by atoms with van der Waals surface area (Å²) in [4.78, 5) is 22.2. The molecule has 0 radical (unpaired) electrons. The average molecular weight is 409 g/mol. The fourth-order valence-corrected chi connectivity index (χ4v) is 4.71. The summed E-state index contributed by atoms with van der Waals surface area (Å²) in [6, 6.07) is 13.4. The highest BCUT2D eigenvalue weighted by Gasteiger charge is 2.17. The lowest BCUT2D eigenvalue weighted by Crippen LogP contribution is -2.23. The third-order valence-corrected chi connectivity index (χ3v) is 6.29. The van der Waals surface area contributed by atoms with Gasteiger partial charge in [0.05, 0.1) is 17.8 Å². The Morgan fingerprint density at radius 3 is 2.96 bits per heavy atom. The lowest BCUT2D eigenvalue weighted by molar-refractivity contribution is 0.174. The number of thiophene rings is 1. The predicted octanol–water partition coefficient (Wildman–Crippen LogP) is 3.92. The summed E-state index contributed by atoms with van der Waals surface area (Å²) in [5.41, 5.74) is 2.62. The Morgan fingerprint density at radius 1 is 1.14 bits per heavy atom. The van der Waals surface area contributed by atoms with E-state index in [1.165, 1.54) is 23.1 Å². The molecule has 4 heterocycles. The molecule has 28 heavy (non-hydrogen) atoms. The van der Waals surface area contributed by atoms with Crippen molar-refractivity contribution in [1.29, 1.82) is 0 Å². The molecule has 0 aliphatic carbocycles. The number of hydrogen-bond acceptors (Lipinski definition) is 7. The lowest BCUT2D eigenvalue weighted by atomic mass is 10.2. The lowest BCUT2D eigenvalue weighted by Gasteiger charge is -2.12. The van der Waals surface area contributed by atoms with Gasteiger partial charge in [-0.15, -0.1) is 11.3 Å². The smallest absolute Gasteiger partial charge is 0.272 e. The Morgan fingerprint density at radius 2 is 2.07 bits per heavy atom. The second kappa shape index (κ2) is 7.29. The highest BCUT2D eigenvalue weighted by Crippen LogP contribution is 2.33. The number of benzene rings is 1. The standard InChI is InChI=1S/C20H15N3O3S2/c24-19-18-15(6-8-27-18)22-20(28-11-14-3-1-2-7-21-14)23(19)10-13-4-5-16-17(9-13)26-12-25-16/h1-9H,10-12H2. The minimum absolute atomic E-state index is 0.0267. The number of aromatic nitrogens is 3. The van der Waals surface area contributed by atoms with Gasteiger partial charge in [-0.3, -0.25) is 14.3 Å². The molecule has 0 atom stereocenters. The van der Waals surface area contributed by atoms with Gasteiger partial charge in [0.2, 0.25) is 6.79 Å². The first-order valence-corrected chi connectivity index (χ1v) is 10.5. The largest absolute Gasteiger partial charge is 0.454 e. The Bertz CT molecular complexity index is 1200. The van der Waals surface area contributed by atoms with E-state index in [1.54, 1.807) is 10.8 Å². The fraction of sp³-hybridized carbons (Fsp3) is 0.150. The number of fused-ring (bicyclic) bond motifs is 2. The van der Waals surface area contributed by atoms with Crippen LogP contribution >= 0.6 is 23.1 Å². The zero-order chi connectivity index (χ0) is 18.9. The van der Waals surface area contributed by atoms with Crippen LogP contribution in [-0.4, -0.2) is 21.3 Å². The molecule has 5 rings (SSSR count). The predicted molar refractivity (Wildman–Crippen MR) is 109 cm³/mol. The van der Waals surface area contributed by atoms with E-state index in [0.29, 0.717) is 27.9 Å². The average Bonchev–Trinajstić information content (AvgIpc) is 3.38. The maximum atomic E-state index is 13.1. The Kier molecular flexibility index (Phi) is 4.50. The second-order valence-corrected chi connectivity index (χ2v) is 8.08. The molecule has 0 amide bonds. The van der Waals surface area contributed by atoms with Gasteiger partial charge in [0.1, 0.15) is 4.70 Å². The number of ether oxygens (including phenoxy) is 2. The van der Waals surface area contributed by atoms with E-state index in [9.17, 15) is 4.79 Å². The van der Waals surface area contributed by atoms with E-state index >= 15 is 0 Å². The molecule has 6 nitrogen and oxygen atoms in total. The molecule has 8 heteroatoms. The summed E-state index contributed by atoms with van der Waals surface area (Å²) in [6.45, 7) is 0.646. The van der Waals surface area contributed by atoms with Gasteiger partial charge in [-0.2, -0.15) is 0 Å². The molecule has 0 saturated heterocycles. The van der Waals surface area contributed by atoms with E-state index in [0.717, 1.165) is 22.5 Å². The van der Waals surface area contributed by atoms with E-state index < -0.39 is 0 Å². The van der Waals surface area contributed by atoms with Gasteiger partial charge in [-0.25, -0.2) is 4.98 Å². The topological polar surface area (TPSA) is 66.2 Å². The molecule has 0 saturated carbocycles. The number of thioether (sulfide) groups is 1. The Balaban J connectivity index is 1.52. The van der Waals surface area contributed by atoms with Gasteiger partial charge in [0.25, 0.3) is 5.56 Å². The third-order valence-electron chi connectivity index (χ3n) is 4.38. The fourth-order valence-electron chi connectivity index (χ4n) is 3.02. The summed E-state index contributed by atoms with van der Waals surface area (Å²) >= 11 is 2.94. The van der Waals surface area contributed by atoms with Gasteiger partial charge in [-0.1, -0.05) is 23.9 Å². The second-order valence-electron chi connectivity index (χ2n) is 6.22. The molecule has 0 N–H and O–H groups in total. The van der Waals surface area contributed by atoms with Crippen LogP contribution in [0, 0.1) is 0 Å². The summed E-state index contributed by atoms with van der Waals surface area (Å²) in [6.07, 6.45) is 1.77. The maximum Gasteiger partial charge on any atom is 0.272 e. The van der Waals surface area contributed by atoms with E-state index in [-0.39, 0.29) is 12.4 Å². The Labute approximate surface area is 168 Å². The maximum absolute atomic E-state index is 13.1. The highest BCUT2D eigenvalue weighted by molar-refractivity contribution is 7.98. The molecule has 3 aromatic heterocycles. The molecular formula is C20H15N3O3S2. The van der Waals surface area contributed by atoms with Crippen LogP contribution in [0.4, 0.5) is 0 Å². The van der Waals surface area contributed by atoms with Crippen molar-refractivity contribution in [2.24, 2.45) is 0 Å². The van der Waals surface area contributed by atoms with Crippen molar-refractivity contribution >= 4 is 33.3 Å². The highest BCUT2D eigenvalue weighted by atomic mass is 32.2. The molecular weight excluding hydrogens is 394 g/mol. The van der Waals surface area contributed by atoms with E-state index in [2.05, 4.69) is 4.98 Å². The summed E-state index contributed by atoms with van der Waals surface area (Å²) in [5.74, 6) is 2.08. The van der Waals surface area contributed by atoms with Crippen LogP contribution in [0.5, 0.6) is 11.5 Å². The summed E-state index contributed by atoms with van der Waals surface area (Å²) in [7, 11) is 0. The van der Waals surface area contributed by atoms with Crippen molar-refractivity contribution in [2.75, 3.05) is 6.79 Å². The van der Waals surface area contributed by atoms with Crippen molar-refractivity contribution in [1.82, 2.24) is 14.5 Å². The minimum atomic E-state index is -0.0267. The van der Waals surface area contributed by atoms with Gasteiger partial charge in [0.15, 0.2) is 16.7 Å². The van der Waals surface area contributed by atoms with E-state index in [1.807, 2.05) is 47.8 Å². The van der Waals surface area contributed by atoms with Crippen LogP contribution in [0.3, 0.4) is 0 Å². The van der Waals surface area contributed by atoms with Crippen molar-refractivity contribution in [2.45, 2.75) is 17.5 Å². The molecule has 0 fully saturated rings. The number of nitrogens with zero attached hydrogens (tertiary/aromatic N) is 3. The molecule has 0 spiro atoms. The molecule has 1 aliphatic rings. The first kappa shape index (κ1) is 17.3. The first-order chi connectivity index (χ1) is 13.8. The molecule has 1 aromatic carbocycles. The van der Waals surface area contributed by atoms with Gasteiger partial charge >= 0.3 is 0 Å². The van der Waals surface area contributed by atoms with Crippen LogP contribution < -0.4 is 15.0 Å². The quantitative estimate of drug-likeness (QED) is 0.368. The van der Waals surface area contributed by atoms with Crippen molar-refractivity contribution in [3.8, 4) is 11.5 Å². The third kappa shape index (κ3) is 3.25. The number of hydrogen-bond donors (Lipinski definition) is 0. The van der Waals surface area contributed by atoms with Crippen LogP contribution in [0.15, 0.2) is 64.0 Å². The SMILES string of the molecule is O=c1c2sccc2nc(SCc2ccccn2)n1Cc1ccc2c(c1)OCO2. The van der Waals surface area contributed by atoms with Crippen LogP contribution in [-0.2, 0) is 12.3 Å². The van der Waals surface area contributed by atoms with Crippen LogP contribution in [0.1, 0.15) is 11.3 Å². The summed E-state index contributed by atoms with van der Waals surface area (Å²) in [5, 5.41) is 2.58. The monoisotopic (exact) mass is 409 g/mol. The van der Waals surface area contributed by atoms with Crippen LogP contribution in [0.25, 0.3) is 10.2 Å². The molecule has 0 bridgehead atoms. The van der Waals surface area contributed by atoms with Gasteiger partial charge in [-0.05, 0) is 41.3 Å². The van der Waals surface area contributed by atoms with E-state index in [4.69, 9.17) is 14.5 Å². The molecule has 140 valence electrons. The molecule has 0 unspecified atom stereocenters. The summed E-state index contributed by atoms with van der Waals surface area (Å²) < 4.78 is 13.2. The van der Waals surface area contributed by atoms with Crippen molar-refractivity contribution in [3.05, 3.63) is 75.7 Å². The van der Waals surface area contributed by atoms with Gasteiger partial charge < -0.3 is 9.47 Å².